The summed E-state index contributed by atoms with van der Waals surface area (Å²) in [7, 11) is 0. The predicted molar refractivity (Wildman–Crippen MR) is 89.3 cm³/mol. The summed E-state index contributed by atoms with van der Waals surface area (Å²) in [6.07, 6.45) is 6.37. The number of hydrogen-bond donors (Lipinski definition) is 2. The number of carbonyl (C=O) groups is 1. The SMILES string of the molecule is N#Cc1ccncc1.NCc1ccncc1OCC1CNC(=O)CO1. The molecule has 3 N–H and O–H groups in total. The van der Waals surface area contributed by atoms with Crippen molar-refractivity contribution in [2.75, 3.05) is 19.8 Å². The van der Waals surface area contributed by atoms with Crippen LogP contribution in [0.4, 0.5) is 0 Å². The van der Waals surface area contributed by atoms with Crippen LogP contribution in [0.25, 0.3) is 0 Å². The molecule has 3 rings (SSSR count). The van der Waals surface area contributed by atoms with Crippen molar-refractivity contribution in [1.29, 1.82) is 5.26 Å². The van der Waals surface area contributed by atoms with Crippen LogP contribution in [-0.2, 0) is 16.1 Å². The Labute approximate surface area is 145 Å². The first-order valence-electron chi connectivity index (χ1n) is 7.67. The number of hydrogen-bond acceptors (Lipinski definition) is 7. The zero-order valence-electron chi connectivity index (χ0n) is 13.6. The second-order valence-electron chi connectivity index (χ2n) is 5.08. The molecule has 0 spiro atoms. The monoisotopic (exact) mass is 341 g/mol. The van der Waals surface area contributed by atoms with Crippen molar-refractivity contribution in [2.24, 2.45) is 5.73 Å². The average Bonchev–Trinajstić information content (AvgIpc) is 2.69. The lowest BCUT2D eigenvalue weighted by molar-refractivity contribution is -0.134. The highest BCUT2D eigenvalue weighted by Gasteiger charge is 2.19. The average molecular weight is 341 g/mol. The molecule has 0 aliphatic carbocycles. The smallest absolute Gasteiger partial charge is 0.246 e. The van der Waals surface area contributed by atoms with Crippen LogP contribution in [0.2, 0.25) is 0 Å². The van der Waals surface area contributed by atoms with Crippen LogP contribution in [0.15, 0.2) is 43.0 Å². The summed E-state index contributed by atoms with van der Waals surface area (Å²) < 4.78 is 10.9. The summed E-state index contributed by atoms with van der Waals surface area (Å²) >= 11 is 0. The summed E-state index contributed by atoms with van der Waals surface area (Å²) in [5, 5.41) is 11.0. The topological polar surface area (TPSA) is 123 Å². The van der Waals surface area contributed by atoms with Gasteiger partial charge < -0.3 is 20.5 Å². The highest BCUT2D eigenvalue weighted by Crippen LogP contribution is 2.16. The first-order chi connectivity index (χ1) is 12.2. The van der Waals surface area contributed by atoms with Crippen molar-refractivity contribution < 1.29 is 14.3 Å². The second-order valence-corrected chi connectivity index (χ2v) is 5.08. The van der Waals surface area contributed by atoms with Crippen LogP contribution in [0.1, 0.15) is 11.1 Å². The maximum absolute atomic E-state index is 10.9. The molecule has 0 aromatic carbocycles. The summed E-state index contributed by atoms with van der Waals surface area (Å²) in [5.74, 6) is 0.570. The third-order valence-electron chi connectivity index (χ3n) is 3.30. The number of pyridine rings is 2. The lowest BCUT2D eigenvalue weighted by Gasteiger charge is -2.23. The van der Waals surface area contributed by atoms with E-state index in [9.17, 15) is 4.79 Å². The van der Waals surface area contributed by atoms with Gasteiger partial charge in [-0.15, -0.1) is 0 Å². The Hall–Kier alpha value is -3.02. The molecule has 130 valence electrons. The van der Waals surface area contributed by atoms with Crippen molar-refractivity contribution in [1.82, 2.24) is 15.3 Å². The van der Waals surface area contributed by atoms with E-state index in [-0.39, 0.29) is 18.6 Å². The summed E-state index contributed by atoms with van der Waals surface area (Å²) in [6, 6.07) is 7.14. The zero-order chi connectivity index (χ0) is 17.9. The zero-order valence-corrected chi connectivity index (χ0v) is 13.6. The predicted octanol–water partition coefficient (Wildman–Crippen LogP) is 0.387. The molecule has 0 radical (unpaired) electrons. The second kappa shape index (κ2) is 9.97. The van der Waals surface area contributed by atoms with Gasteiger partial charge in [-0.3, -0.25) is 14.8 Å². The fraction of sp³-hybridized carbons (Fsp3) is 0.294. The molecular weight excluding hydrogens is 322 g/mol. The fourth-order valence-corrected chi connectivity index (χ4v) is 1.95. The molecule has 1 unspecified atom stereocenters. The van der Waals surface area contributed by atoms with Gasteiger partial charge in [0.2, 0.25) is 5.91 Å². The van der Waals surface area contributed by atoms with Gasteiger partial charge in [0.15, 0.2) is 0 Å². The number of amides is 1. The number of morpholine rings is 1. The molecule has 1 aliphatic rings. The molecule has 1 amide bonds. The minimum absolute atomic E-state index is 0.0881. The van der Waals surface area contributed by atoms with Crippen molar-refractivity contribution >= 4 is 5.91 Å². The van der Waals surface area contributed by atoms with Crippen LogP contribution in [-0.4, -0.2) is 41.7 Å². The molecular formula is C17H19N5O3. The molecule has 2 aromatic rings. The largest absolute Gasteiger partial charge is 0.489 e. The molecule has 8 heteroatoms. The molecule has 3 heterocycles. The molecule has 25 heavy (non-hydrogen) atoms. The van der Waals surface area contributed by atoms with Gasteiger partial charge in [-0.1, -0.05) is 0 Å². The van der Waals surface area contributed by atoms with E-state index in [2.05, 4.69) is 15.3 Å². The van der Waals surface area contributed by atoms with Gasteiger partial charge in [0, 0.05) is 37.2 Å². The number of aromatic nitrogens is 2. The van der Waals surface area contributed by atoms with Gasteiger partial charge >= 0.3 is 0 Å². The Morgan fingerprint density at radius 1 is 1.32 bits per heavy atom. The van der Waals surface area contributed by atoms with E-state index in [1.54, 1.807) is 36.9 Å². The highest BCUT2D eigenvalue weighted by atomic mass is 16.5. The van der Waals surface area contributed by atoms with Crippen molar-refractivity contribution in [2.45, 2.75) is 12.6 Å². The molecule has 1 saturated heterocycles. The first-order valence-corrected chi connectivity index (χ1v) is 7.67. The lowest BCUT2D eigenvalue weighted by atomic mass is 10.2. The van der Waals surface area contributed by atoms with E-state index in [1.807, 2.05) is 12.1 Å². The number of nitrogens with two attached hydrogens (primary N) is 1. The summed E-state index contributed by atoms with van der Waals surface area (Å²) in [6.45, 7) is 1.33. The number of nitrogens with zero attached hydrogens (tertiary/aromatic N) is 3. The fourth-order valence-electron chi connectivity index (χ4n) is 1.95. The molecule has 1 fully saturated rings. The van der Waals surface area contributed by atoms with E-state index >= 15 is 0 Å². The Kier molecular flexibility index (Phi) is 7.31. The molecule has 1 aliphatic heterocycles. The van der Waals surface area contributed by atoms with Crippen molar-refractivity contribution in [3.8, 4) is 11.8 Å². The van der Waals surface area contributed by atoms with E-state index in [0.29, 0.717) is 31.0 Å². The van der Waals surface area contributed by atoms with E-state index in [4.69, 9.17) is 20.5 Å². The molecule has 2 aromatic heterocycles. The van der Waals surface area contributed by atoms with Crippen molar-refractivity contribution in [3.63, 3.8) is 0 Å². The van der Waals surface area contributed by atoms with Gasteiger partial charge in [0.05, 0.1) is 17.8 Å². The van der Waals surface area contributed by atoms with Crippen LogP contribution in [0.3, 0.4) is 0 Å². The van der Waals surface area contributed by atoms with Crippen LogP contribution in [0, 0.1) is 11.3 Å². The van der Waals surface area contributed by atoms with Gasteiger partial charge in [-0.05, 0) is 18.2 Å². The Bertz CT molecular complexity index is 708. The maximum atomic E-state index is 10.9. The molecule has 0 saturated carbocycles. The van der Waals surface area contributed by atoms with E-state index in [1.165, 1.54) is 0 Å². The minimum atomic E-state index is -0.126. The van der Waals surface area contributed by atoms with Gasteiger partial charge in [-0.25, -0.2) is 0 Å². The number of rotatable bonds is 4. The van der Waals surface area contributed by atoms with Crippen LogP contribution in [0.5, 0.6) is 5.75 Å². The first kappa shape index (κ1) is 18.3. The number of nitriles is 1. The minimum Gasteiger partial charge on any atom is -0.489 e. The van der Waals surface area contributed by atoms with Crippen LogP contribution >= 0.6 is 0 Å². The summed E-state index contributed by atoms with van der Waals surface area (Å²) in [4.78, 5) is 18.6. The quantitative estimate of drug-likeness (QED) is 0.824. The molecule has 0 bridgehead atoms. The molecule has 1 atom stereocenters. The van der Waals surface area contributed by atoms with Gasteiger partial charge in [0.1, 0.15) is 25.1 Å². The van der Waals surface area contributed by atoms with Gasteiger partial charge in [0.25, 0.3) is 0 Å². The Morgan fingerprint density at radius 3 is 2.68 bits per heavy atom. The number of ether oxygens (including phenoxy) is 2. The van der Waals surface area contributed by atoms with E-state index < -0.39 is 0 Å². The summed E-state index contributed by atoms with van der Waals surface area (Å²) in [5.41, 5.74) is 7.14. The standard InChI is InChI=1S/C11H15N3O3.C6H4N2/c12-3-8-1-2-13-5-10(8)17-6-9-4-14-11(15)7-16-9;7-5-6-1-3-8-4-2-6/h1-2,5,9H,3-4,6-7,12H2,(H,14,15);1-4H. The Morgan fingerprint density at radius 2 is 2.08 bits per heavy atom. The Balaban J connectivity index is 0.000000236. The van der Waals surface area contributed by atoms with Gasteiger partial charge in [-0.2, -0.15) is 5.26 Å². The lowest BCUT2D eigenvalue weighted by Crippen LogP contribution is -2.45. The van der Waals surface area contributed by atoms with Crippen LogP contribution < -0.4 is 15.8 Å². The normalized spacial score (nSPS) is 16.0. The van der Waals surface area contributed by atoms with E-state index in [0.717, 1.165) is 5.56 Å². The third kappa shape index (κ3) is 6.18. The highest BCUT2D eigenvalue weighted by molar-refractivity contribution is 5.77. The molecule has 8 nitrogen and oxygen atoms in total. The van der Waals surface area contributed by atoms with Crippen molar-refractivity contribution in [3.05, 3.63) is 54.1 Å². The maximum Gasteiger partial charge on any atom is 0.246 e. The number of nitrogens with one attached hydrogen (secondary N) is 1. The third-order valence-corrected chi connectivity index (χ3v) is 3.30. The number of carbonyl (C=O) groups excluding carboxylic acids is 1.